The molecule has 0 spiro atoms. The van der Waals surface area contributed by atoms with E-state index in [4.69, 9.17) is 16.6 Å². The first-order chi connectivity index (χ1) is 22.8. The number of imidazole rings is 1. The second-order valence-electron chi connectivity index (χ2n) is 11.7. The van der Waals surface area contributed by atoms with E-state index in [9.17, 15) is 26.7 Å². The molecule has 1 aromatic heterocycles. The van der Waals surface area contributed by atoms with E-state index in [1.54, 1.807) is 18.5 Å². The van der Waals surface area contributed by atoms with Crippen LogP contribution in [0.3, 0.4) is 0 Å². The largest absolute Gasteiger partial charge is 0.534 e. The molecule has 1 heterocycles. The van der Waals surface area contributed by atoms with E-state index in [-0.39, 0.29) is 10.4 Å². The summed E-state index contributed by atoms with van der Waals surface area (Å²) in [5, 5.41) is 12.9. The van der Waals surface area contributed by atoms with Crippen LogP contribution in [0, 0.1) is 5.92 Å². The number of halogens is 4. The Labute approximate surface area is 281 Å². The Morgan fingerprint density at radius 2 is 1.29 bits per heavy atom. The number of aliphatic hydroxyl groups is 1. The normalized spacial score (nSPS) is 13.8. The molecule has 1 N–H and O–H groups in total. The minimum atomic E-state index is -5.93. The Balaban J connectivity index is 1.50. The fraction of sp³-hybridized carbons (Fsp3) is 0.162. The van der Waals surface area contributed by atoms with E-state index in [2.05, 4.69) is 40.6 Å². The second kappa shape index (κ2) is 12.4. The monoisotopic (exact) mass is 690 g/mol. The van der Waals surface area contributed by atoms with E-state index >= 15 is 0 Å². The Morgan fingerprint density at radius 3 is 1.77 bits per heavy atom. The molecule has 0 radical (unpaired) electrons. The smallest absolute Gasteiger partial charge is 0.378 e. The van der Waals surface area contributed by atoms with Crippen LogP contribution in [0.15, 0.2) is 134 Å². The van der Waals surface area contributed by atoms with Gasteiger partial charge >= 0.3 is 15.6 Å². The van der Waals surface area contributed by atoms with Gasteiger partial charge in [0.05, 0.1) is 17.0 Å². The fourth-order valence-electron chi connectivity index (χ4n) is 6.20. The van der Waals surface area contributed by atoms with Gasteiger partial charge in [-0.05, 0) is 45.7 Å². The van der Waals surface area contributed by atoms with Crippen LogP contribution >= 0.6 is 11.6 Å². The van der Waals surface area contributed by atoms with Gasteiger partial charge in [0, 0.05) is 11.6 Å². The molecule has 1 unspecified atom stereocenters. The molecular formula is C37H30ClF3N2O4S. The lowest BCUT2D eigenvalue weighted by molar-refractivity contribution is -0.0500. The van der Waals surface area contributed by atoms with Crippen molar-refractivity contribution in [3.05, 3.63) is 167 Å². The van der Waals surface area contributed by atoms with Crippen molar-refractivity contribution >= 4 is 32.5 Å². The molecule has 6 aromatic rings. The lowest BCUT2D eigenvalue weighted by Gasteiger charge is -2.37. The number of hydrogen-bond donors (Lipinski definition) is 1. The summed E-state index contributed by atoms with van der Waals surface area (Å²) in [4.78, 5) is 4.80. The standard InChI is InChI=1S/C37H30ClF3N2O4S/c1-25(2)36(44,30-19-20-31-26(22-30)18-21-32(34(31)38)47-48(45,46)37(39,40)41)33-23-43(24-42-33)35(27-12-6-3-7-13-27,28-14-8-4-9-15-28)29-16-10-5-11-17-29/h3-25,44H,1-2H3. The first-order valence-electron chi connectivity index (χ1n) is 15.0. The summed E-state index contributed by atoms with van der Waals surface area (Å²) in [6.45, 7) is 3.71. The van der Waals surface area contributed by atoms with Gasteiger partial charge in [0.1, 0.15) is 11.1 Å². The van der Waals surface area contributed by atoms with Crippen LogP contribution in [0.25, 0.3) is 10.8 Å². The average molecular weight is 691 g/mol. The Kier molecular flexibility index (Phi) is 8.61. The molecule has 0 saturated carbocycles. The highest BCUT2D eigenvalue weighted by atomic mass is 35.5. The molecular weight excluding hydrogens is 661 g/mol. The van der Waals surface area contributed by atoms with Crippen molar-refractivity contribution in [1.29, 1.82) is 0 Å². The number of fused-ring (bicyclic) bond motifs is 1. The van der Waals surface area contributed by atoms with Gasteiger partial charge in [-0.2, -0.15) is 21.6 Å². The third-order valence-corrected chi connectivity index (χ3v) is 9.97. The summed E-state index contributed by atoms with van der Waals surface area (Å²) in [5.41, 5.74) is -4.36. The Bertz CT molecular complexity index is 2080. The molecule has 246 valence electrons. The summed E-state index contributed by atoms with van der Waals surface area (Å²) in [6, 6.07) is 37.3. The summed E-state index contributed by atoms with van der Waals surface area (Å²) in [5.74, 6) is -1.06. The van der Waals surface area contributed by atoms with Gasteiger partial charge in [-0.25, -0.2) is 4.98 Å². The Morgan fingerprint density at radius 1 is 0.771 bits per heavy atom. The number of nitrogens with zero attached hydrogens (tertiary/aromatic N) is 2. The van der Waals surface area contributed by atoms with Gasteiger partial charge in [0.2, 0.25) is 0 Å². The Hall–Kier alpha value is -4.64. The molecule has 0 aliphatic rings. The van der Waals surface area contributed by atoms with E-state index in [0.29, 0.717) is 16.6 Å². The van der Waals surface area contributed by atoms with Crippen LogP contribution in [0.1, 0.15) is 41.8 Å². The van der Waals surface area contributed by atoms with Crippen LogP contribution in [0.4, 0.5) is 13.2 Å². The zero-order valence-electron chi connectivity index (χ0n) is 25.8. The minimum absolute atomic E-state index is 0.239. The topological polar surface area (TPSA) is 81.4 Å². The molecule has 0 aliphatic carbocycles. The van der Waals surface area contributed by atoms with E-state index < -0.39 is 38.4 Å². The lowest BCUT2D eigenvalue weighted by Crippen LogP contribution is -2.37. The molecule has 0 amide bonds. The van der Waals surface area contributed by atoms with Gasteiger partial charge in [-0.15, -0.1) is 0 Å². The first-order valence-corrected chi connectivity index (χ1v) is 16.8. The lowest BCUT2D eigenvalue weighted by atomic mass is 9.76. The molecule has 0 aliphatic heterocycles. The zero-order valence-corrected chi connectivity index (χ0v) is 27.3. The highest BCUT2D eigenvalue weighted by molar-refractivity contribution is 7.88. The van der Waals surface area contributed by atoms with Crippen molar-refractivity contribution in [3.8, 4) is 5.75 Å². The first kappa shape index (κ1) is 33.3. The maximum Gasteiger partial charge on any atom is 0.534 e. The van der Waals surface area contributed by atoms with Gasteiger partial charge < -0.3 is 13.9 Å². The quantitative estimate of drug-likeness (QED) is 0.0933. The van der Waals surface area contributed by atoms with Crippen LogP contribution < -0.4 is 4.18 Å². The highest BCUT2D eigenvalue weighted by Gasteiger charge is 2.49. The molecule has 6 rings (SSSR count). The molecule has 48 heavy (non-hydrogen) atoms. The number of benzene rings is 5. The van der Waals surface area contributed by atoms with Crippen LogP contribution in [0.2, 0.25) is 5.02 Å². The van der Waals surface area contributed by atoms with E-state index in [0.717, 1.165) is 22.8 Å². The number of aromatic nitrogens is 2. The molecule has 11 heteroatoms. The molecule has 0 fully saturated rings. The zero-order chi connectivity index (χ0) is 34.3. The van der Waals surface area contributed by atoms with Crippen LogP contribution in [0.5, 0.6) is 5.75 Å². The van der Waals surface area contributed by atoms with Gasteiger partial charge in [0.15, 0.2) is 5.75 Å². The third-order valence-electron chi connectivity index (χ3n) is 8.61. The fourth-order valence-corrected chi connectivity index (χ4v) is 6.99. The minimum Gasteiger partial charge on any atom is -0.378 e. The molecule has 0 bridgehead atoms. The second-order valence-corrected chi connectivity index (χ2v) is 13.6. The summed E-state index contributed by atoms with van der Waals surface area (Å²) in [6.07, 6.45) is 3.54. The summed E-state index contributed by atoms with van der Waals surface area (Å²) in [7, 11) is -5.93. The maximum atomic E-state index is 13.0. The van der Waals surface area contributed by atoms with Crippen molar-refractivity contribution in [1.82, 2.24) is 9.55 Å². The van der Waals surface area contributed by atoms with E-state index in [1.165, 1.54) is 12.1 Å². The van der Waals surface area contributed by atoms with Crippen molar-refractivity contribution in [2.75, 3.05) is 0 Å². The molecule has 0 saturated heterocycles. The van der Waals surface area contributed by atoms with Crippen LogP contribution in [-0.2, 0) is 21.3 Å². The molecule has 5 aromatic carbocycles. The number of alkyl halides is 3. The predicted molar refractivity (Wildman–Crippen MR) is 179 cm³/mol. The van der Waals surface area contributed by atoms with Crippen LogP contribution in [-0.4, -0.2) is 28.6 Å². The van der Waals surface area contributed by atoms with Crippen molar-refractivity contribution < 1.29 is 30.9 Å². The van der Waals surface area contributed by atoms with Gasteiger partial charge in [-0.3, -0.25) is 0 Å². The average Bonchev–Trinajstić information content (AvgIpc) is 3.58. The highest BCUT2D eigenvalue weighted by Crippen LogP contribution is 2.44. The maximum absolute atomic E-state index is 13.0. The van der Waals surface area contributed by atoms with Gasteiger partial charge in [0.25, 0.3) is 0 Å². The molecule has 6 nitrogen and oxygen atoms in total. The number of hydrogen-bond acceptors (Lipinski definition) is 5. The van der Waals surface area contributed by atoms with Crippen molar-refractivity contribution in [3.63, 3.8) is 0 Å². The summed E-state index contributed by atoms with van der Waals surface area (Å²) >= 11 is 6.34. The summed E-state index contributed by atoms with van der Waals surface area (Å²) < 4.78 is 68.4. The predicted octanol–water partition coefficient (Wildman–Crippen LogP) is 8.65. The van der Waals surface area contributed by atoms with Crippen molar-refractivity contribution in [2.45, 2.75) is 30.5 Å². The molecule has 1 atom stereocenters. The SMILES string of the molecule is CC(C)C(O)(c1ccc2c(Cl)c(OS(=O)(=O)C(F)(F)F)ccc2c1)c1cn(C(c2ccccc2)(c2ccccc2)c2ccccc2)cn1. The third kappa shape index (κ3) is 5.53. The number of rotatable bonds is 9. The van der Waals surface area contributed by atoms with Gasteiger partial charge in [-0.1, -0.05) is 135 Å². The van der Waals surface area contributed by atoms with E-state index in [1.807, 2.05) is 79.2 Å². The van der Waals surface area contributed by atoms with Crippen molar-refractivity contribution in [2.24, 2.45) is 5.92 Å².